The quantitative estimate of drug-likeness (QED) is 0.0960. The molecule has 268 valence electrons. The molecule has 6 aromatic carbocycles. The summed E-state index contributed by atoms with van der Waals surface area (Å²) >= 11 is 0. The molecule has 54 heavy (non-hydrogen) atoms. The number of azide groups is 1. The molecule has 0 aromatic heterocycles. The number of benzene rings is 6. The van der Waals surface area contributed by atoms with Crippen LogP contribution in [0.25, 0.3) is 49.5 Å². The van der Waals surface area contributed by atoms with Crippen LogP contribution >= 0.6 is 0 Å². The highest BCUT2D eigenvalue weighted by Crippen LogP contribution is 2.63. The van der Waals surface area contributed by atoms with Gasteiger partial charge in [0, 0.05) is 49.6 Å². The molecule has 1 fully saturated rings. The summed E-state index contributed by atoms with van der Waals surface area (Å²) in [5.74, 6) is 2.56. The topological polar surface area (TPSA) is 106 Å². The number of phenols is 1. The molecule has 0 radical (unpaired) electrons. The molecular formula is C46H39N3O5. The summed E-state index contributed by atoms with van der Waals surface area (Å²) in [7, 11) is 3.24. The summed E-state index contributed by atoms with van der Waals surface area (Å²) in [5.41, 5.74) is 17.3. The smallest absolute Gasteiger partial charge is 0.178 e. The Morgan fingerprint density at radius 1 is 0.759 bits per heavy atom. The molecule has 1 aliphatic heterocycles. The van der Waals surface area contributed by atoms with E-state index < -0.39 is 5.60 Å². The molecule has 0 saturated heterocycles. The second-order valence-electron chi connectivity index (χ2n) is 14.2. The summed E-state index contributed by atoms with van der Waals surface area (Å²) < 4.78 is 24.8. The average Bonchev–Trinajstić information content (AvgIpc) is 3.50. The lowest BCUT2D eigenvalue weighted by molar-refractivity contribution is 0.163. The number of aromatic hydroxyl groups is 1. The van der Waals surface area contributed by atoms with Crippen LogP contribution in [-0.4, -0.2) is 26.1 Å². The maximum atomic E-state index is 11.4. The normalized spacial score (nSPS) is 17.5. The Labute approximate surface area is 313 Å². The van der Waals surface area contributed by atoms with Crippen LogP contribution in [0.2, 0.25) is 0 Å². The molecule has 6 aromatic rings. The fraction of sp³-hybridized carbons (Fsp3) is 0.217. The van der Waals surface area contributed by atoms with Crippen LogP contribution in [0.3, 0.4) is 0 Å². The fourth-order valence-electron chi connectivity index (χ4n) is 9.19. The van der Waals surface area contributed by atoms with Gasteiger partial charge in [-0.3, -0.25) is 0 Å². The van der Waals surface area contributed by atoms with Gasteiger partial charge in [0.1, 0.15) is 28.7 Å². The van der Waals surface area contributed by atoms with E-state index in [4.69, 9.17) is 18.9 Å². The highest BCUT2D eigenvalue weighted by molar-refractivity contribution is 6.10. The van der Waals surface area contributed by atoms with Gasteiger partial charge in [-0.05, 0) is 88.5 Å². The van der Waals surface area contributed by atoms with Gasteiger partial charge in [0.25, 0.3) is 0 Å². The van der Waals surface area contributed by atoms with Crippen LogP contribution in [0, 0.1) is 0 Å². The van der Waals surface area contributed by atoms with E-state index in [9.17, 15) is 10.6 Å². The van der Waals surface area contributed by atoms with E-state index in [1.54, 1.807) is 26.4 Å². The standard InChI is InChI=1S/C46H39N3O5/c1-51-31-17-15-30(16-18-31)46(29-11-5-3-6-12-29)24-21-35-43-42(34-13-7-8-14-39(34)45(43)22-9-4-10-23-45)37-27-41(53-28-48-49-47)36(26-38(37)44(35)54-46)33-20-19-32(52-2)25-40(33)50/h3,5-8,11-21,24-27,50H,4,9-10,22-23,28H2,1-2H3. The van der Waals surface area contributed by atoms with Crippen molar-refractivity contribution in [1.29, 1.82) is 0 Å². The van der Waals surface area contributed by atoms with Crippen molar-refractivity contribution in [1.82, 2.24) is 0 Å². The van der Waals surface area contributed by atoms with Crippen molar-refractivity contribution in [2.24, 2.45) is 5.11 Å². The minimum Gasteiger partial charge on any atom is -0.507 e. The zero-order chi connectivity index (χ0) is 36.9. The molecule has 9 rings (SSSR count). The Kier molecular flexibility index (Phi) is 8.21. The number of methoxy groups -OCH3 is 2. The molecule has 2 aliphatic carbocycles. The summed E-state index contributed by atoms with van der Waals surface area (Å²) in [4.78, 5) is 2.94. The Bertz CT molecular complexity index is 2500. The van der Waals surface area contributed by atoms with Crippen molar-refractivity contribution in [3.8, 4) is 51.0 Å². The van der Waals surface area contributed by atoms with E-state index >= 15 is 0 Å². The van der Waals surface area contributed by atoms with Crippen LogP contribution in [-0.2, 0) is 11.0 Å². The molecular weight excluding hydrogens is 675 g/mol. The van der Waals surface area contributed by atoms with E-state index in [2.05, 4.69) is 76.8 Å². The molecule has 0 amide bonds. The first-order valence-corrected chi connectivity index (χ1v) is 18.4. The zero-order valence-electron chi connectivity index (χ0n) is 30.2. The Morgan fingerprint density at radius 3 is 2.22 bits per heavy atom. The van der Waals surface area contributed by atoms with Gasteiger partial charge in [-0.15, -0.1) is 0 Å². The number of ether oxygens (including phenoxy) is 4. The third-order valence-corrected chi connectivity index (χ3v) is 11.6. The molecule has 1 heterocycles. The zero-order valence-corrected chi connectivity index (χ0v) is 30.2. The van der Waals surface area contributed by atoms with E-state index in [0.29, 0.717) is 22.6 Å². The molecule has 3 aliphatic rings. The molecule has 8 heteroatoms. The third kappa shape index (κ3) is 5.09. The molecule has 1 unspecified atom stereocenters. The number of phenolic OH excluding ortho intramolecular Hbond substituents is 1. The summed E-state index contributed by atoms with van der Waals surface area (Å²) in [6.45, 7) is -0.215. The second kappa shape index (κ2) is 13.2. The van der Waals surface area contributed by atoms with Gasteiger partial charge in [-0.25, -0.2) is 0 Å². The number of nitrogens with zero attached hydrogens (tertiary/aromatic N) is 3. The lowest BCUT2D eigenvalue weighted by atomic mass is 9.66. The van der Waals surface area contributed by atoms with Crippen molar-refractivity contribution < 1.29 is 24.1 Å². The minimum atomic E-state index is -0.966. The molecule has 0 bridgehead atoms. The van der Waals surface area contributed by atoms with Crippen LogP contribution in [0.15, 0.2) is 120 Å². The van der Waals surface area contributed by atoms with Crippen molar-refractivity contribution in [3.05, 3.63) is 154 Å². The first-order chi connectivity index (χ1) is 26.5. The van der Waals surface area contributed by atoms with Crippen LogP contribution in [0.1, 0.15) is 59.9 Å². The second-order valence-corrected chi connectivity index (χ2v) is 14.2. The maximum absolute atomic E-state index is 11.4. The highest BCUT2D eigenvalue weighted by Gasteiger charge is 2.48. The van der Waals surface area contributed by atoms with E-state index in [-0.39, 0.29) is 17.9 Å². The summed E-state index contributed by atoms with van der Waals surface area (Å²) in [6.07, 6.45) is 10.1. The van der Waals surface area contributed by atoms with E-state index in [0.717, 1.165) is 64.6 Å². The highest BCUT2D eigenvalue weighted by atomic mass is 16.5. The van der Waals surface area contributed by atoms with Gasteiger partial charge >= 0.3 is 0 Å². The third-order valence-electron chi connectivity index (χ3n) is 11.6. The Hall–Kier alpha value is -6.37. The summed E-state index contributed by atoms with van der Waals surface area (Å²) in [5, 5.41) is 16.9. The van der Waals surface area contributed by atoms with Gasteiger partial charge in [0.05, 0.1) is 14.2 Å². The lowest BCUT2D eigenvalue weighted by Gasteiger charge is -2.41. The van der Waals surface area contributed by atoms with Crippen molar-refractivity contribution in [3.63, 3.8) is 0 Å². The number of fused-ring (bicyclic) bond motifs is 10. The average molecular weight is 714 g/mol. The van der Waals surface area contributed by atoms with Crippen LogP contribution < -0.4 is 18.9 Å². The largest absolute Gasteiger partial charge is 0.507 e. The van der Waals surface area contributed by atoms with Gasteiger partial charge in [0.15, 0.2) is 12.3 Å². The Balaban J connectivity index is 1.40. The monoisotopic (exact) mass is 713 g/mol. The summed E-state index contributed by atoms with van der Waals surface area (Å²) in [6, 6.07) is 36.5. The van der Waals surface area contributed by atoms with E-state index in [1.165, 1.54) is 28.7 Å². The predicted octanol–water partition coefficient (Wildman–Crippen LogP) is 11.5. The van der Waals surface area contributed by atoms with Crippen LogP contribution in [0.4, 0.5) is 0 Å². The molecule has 1 spiro atoms. The van der Waals surface area contributed by atoms with Gasteiger partial charge in [0.2, 0.25) is 0 Å². The predicted molar refractivity (Wildman–Crippen MR) is 211 cm³/mol. The van der Waals surface area contributed by atoms with Gasteiger partial charge in [-0.1, -0.05) is 97.2 Å². The van der Waals surface area contributed by atoms with Crippen molar-refractivity contribution in [2.75, 3.05) is 21.0 Å². The fourth-order valence-corrected chi connectivity index (χ4v) is 9.19. The Morgan fingerprint density at radius 2 is 1.48 bits per heavy atom. The molecule has 1 N–H and O–H groups in total. The van der Waals surface area contributed by atoms with Gasteiger partial charge < -0.3 is 24.1 Å². The SMILES string of the molecule is COc1ccc(C2(c3ccccc3)C=Cc3c4c(c5cc(OCN=[N+]=[N-])c(-c6ccc(OC)cc6O)cc5c3O2)-c2ccccc2C42CCCCC2)cc1. The maximum Gasteiger partial charge on any atom is 0.178 e. The number of hydrogen-bond donors (Lipinski definition) is 1. The number of hydrogen-bond acceptors (Lipinski definition) is 6. The number of rotatable bonds is 8. The lowest BCUT2D eigenvalue weighted by Crippen LogP contribution is -2.35. The van der Waals surface area contributed by atoms with Crippen LogP contribution in [0.5, 0.6) is 28.7 Å². The first kappa shape index (κ1) is 33.5. The van der Waals surface area contributed by atoms with Gasteiger partial charge in [-0.2, -0.15) is 0 Å². The van der Waals surface area contributed by atoms with E-state index in [1.807, 2.05) is 42.5 Å². The molecule has 1 saturated carbocycles. The molecule has 1 atom stereocenters. The van der Waals surface area contributed by atoms with Crippen molar-refractivity contribution >= 4 is 16.8 Å². The minimum absolute atomic E-state index is 0.0292. The van der Waals surface area contributed by atoms with Crippen molar-refractivity contribution in [2.45, 2.75) is 43.1 Å². The molecule has 8 nitrogen and oxygen atoms in total. The first-order valence-electron chi connectivity index (χ1n) is 18.4.